The minimum absolute atomic E-state index is 0.110. The Morgan fingerprint density at radius 1 is 1.13 bits per heavy atom. The molecule has 2 heterocycles. The van der Waals surface area contributed by atoms with Crippen LogP contribution in [0.1, 0.15) is 28.9 Å². The molecule has 3 aromatic rings. The Labute approximate surface area is 174 Å². The number of carbonyl (C=O) groups excluding carboxylic acids is 2. The van der Waals surface area contributed by atoms with Gasteiger partial charge in [0.2, 0.25) is 5.91 Å². The van der Waals surface area contributed by atoms with Crippen LogP contribution in [0.4, 0.5) is 10.1 Å². The number of amides is 2. The van der Waals surface area contributed by atoms with Crippen molar-refractivity contribution in [2.75, 3.05) is 18.4 Å². The fourth-order valence-corrected chi connectivity index (χ4v) is 3.75. The van der Waals surface area contributed by atoms with E-state index in [0.717, 1.165) is 24.2 Å². The van der Waals surface area contributed by atoms with Crippen molar-refractivity contribution in [1.82, 2.24) is 14.7 Å². The predicted molar refractivity (Wildman–Crippen MR) is 112 cm³/mol. The molecule has 0 aliphatic carbocycles. The van der Waals surface area contributed by atoms with Gasteiger partial charge in [-0.15, -0.1) is 0 Å². The highest BCUT2D eigenvalue weighted by Crippen LogP contribution is 2.22. The quantitative estimate of drug-likeness (QED) is 0.716. The van der Waals surface area contributed by atoms with Crippen molar-refractivity contribution < 1.29 is 14.0 Å². The number of rotatable bonds is 4. The second-order valence-corrected chi connectivity index (χ2v) is 7.52. The van der Waals surface area contributed by atoms with Crippen molar-refractivity contribution in [1.29, 1.82) is 0 Å². The molecule has 0 saturated carbocycles. The van der Waals surface area contributed by atoms with Gasteiger partial charge in [-0.25, -0.2) is 9.07 Å². The molecular formula is C23H23FN4O2. The maximum absolute atomic E-state index is 13.1. The van der Waals surface area contributed by atoms with E-state index in [0.29, 0.717) is 24.3 Å². The fourth-order valence-electron chi connectivity index (χ4n) is 3.75. The molecule has 0 radical (unpaired) electrons. The van der Waals surface area contributed by atoms with E-state index in [1.54, 1.807) is 15.8 Å². The molecule has 1 aliphatic heterocycles. The SMILES string of the molecule is Cc1ccnn1-c1cccc(NC(=O)C2CCCN(C(=O)c3ccc(F)cc3)C2)c1. The van der Waals surface area contributed by atoms with E-state index in [9.17, 15) is 14.0 Å². The number of piperidine rings is 1. The zero-order valence-corrected chi connectivity index (χ0v) is 16.7. The van der Waals surface area contributed by atoms with E-state index in [4.69, 9.17) is 0 Å². The highest BCUT2D eigenvalue weighted by molar-refractivity contribution is 5.96. The summed E-state index contributed by atoms with van der Waals surface area (Å²) in [7, 11) is 0. The summed E-state index contributed by atoms with van der Waals surface area (Å²) in [5.41, 5.74) is 2.99. The first-order chi connectivity index (χ1) is 14.5. The summed E-state index contributed by atoms with van der Waals surface area (Å²) >= 11 is 0. The normalized spacial score (nSPS) is 16.3. The summed E-state index contributed by atoms with van der Waals surface area (Å²) in [5.74, 6) is -0.960. The smallest absolute Gasteiger partial charge is 0.253 e. The van der Waals surface area contributed by atoms with Gasteiger partial charge in [0.25, 0.3) is 5.91 Å². The molecule has 7 heteroatoms. The number of anilines is 1. The van der Waals surface area contributed by atoms with Crippen LogP contribution in [0.2, 0.25) is 0 Å². The third-order valence-corrected chi connectivity index (χ3v) is 5.36. The molecule has 2 aromatic carbocycles. The Hall–Kier alpha value is -3.48. The van der Waals surface area contributed by atoms with Gasteiger partial charge >= 0.3 is 0 Å². The summed E-state index contributed by atoms with van der Waals surface area (Å²) in [5, 5.41) is 7.27. The number of hydrogen-bond donors (Lipinski definition) is 1. The maximum Gasteiger partial charge on any atom is 0.253 e. The molecular weight excluding hydrogens is 383 g/mol. The van der Waals surface area contributed by atoms with Gasteiger partial charge < -0.3 is 10.2 Å². The fraction of sp³-hybridized carbons (Fsp3) is 0.261. The van der Waals surface area contributed by atoms with E-state index in [1.165, 1.54) is 24.3 Å². The van der Waals surface area contributed by atoms with Crippen LogP contribution in [-0.2, 0) is 4.79 Å². The Morgan fingerprint density at radius 3 is 2.67 bits per heavy atom. The number of aryl methyl sites for hydroxylation is 1. The van der Waals surface area contributed by atoms with Crippen LogP contribution >= 0.6 is 0 Å². The summed E-state index contributed by atoms with van der Waals surface area (Å²) in [4.78, 5) is 27.2. The molecule has 0 bridgehead atoms. The van der Waals surface area contributed by atoms with Crippen LogP contribution in [0.25, 0.3) is 5.69 Å². The molecule has 1 unspecified atom stereocenters. The van der Waals surface area contributed by atoms with E-state index < -0.39 is 0 Å². The van der Waals surface area contributed by atoms with E-state index >= 15 is 0 Å². The standard InChI is InChI=1S/C23H23FN4O2/c1-16-11-12-25-28(16)21-6-2-5-20(14-21)26-22(29)18-4-3-13-27(15-18)23(30)17-7-9-19(24)10-8-17/h2,5-12,14,18H,3-4,13,15H2,1H3,(H,26,29). The number of hydrogen-bond acceptors (Lipinski definition) is 3. The van der Waals surface area contributed by atoms with Gasteiger partial charge in [-0.3, -0.25) is 9.59 Å². The molecule has 4 rings (SSSR count). The first kappa shape index (κ1) is 19.8. The third-order valence-electron chi connectivity index (χ3n) is 5.36. The number of nitrogens with one attached hydrogen (secondary N) is 1. The molecule has 0 spiro atoms. The Balaban J connectivity index is 1.43. The van der Waals surface area contributed by atoms with Crippen molar-refractivity contribution >= 4 is 17.5 Å². The second kappa shape index (κ2) is 8.49. The summed E-state index contributed by atoms with van der Waals surface area (Å²) in [6.45, 7) is 2.90. The Morgan fingerprint density at radius 2 is 1.93 bits per heavy atom. The molecule has 2 amide bonds. The molecule has 1 aromatic heterocycles. The third kappa shape index (κ3) is 4.25. The molecule has 1 saturated heterocycles. The number of aromatic nitrogens is 2. The number of halogens is 1. The first-order valence-corrected chi connectivity index (χ1v) is 9.98. The predicted octanol–water partition coefficient (Wildman–Crippen LogP) is 3.81. The van der Waals surface area contributed by atoms with Gasteiger partial charge in [0.15, 0.2) is 0 Å². The number of nitrogens with zero attached hydrogens (tertiary/aromatic N) is 3. The van der Waals surface area contributed by atoms with Gasteiger partial charge in [-0.1, -0.05) is 6.07 Å². The van der Waals surface area contributed by atoms with Crippen molar-refractivity contribution in [3.8, 4) is 5.69 Å². The van der Waals surface area contributed by atoms with Crippen LogP contribution < -0.4 is 5.32 Å². The van der Waals surface area contributed by atoms with Gasteiger partial charge in [0.05, 0.1) is 11.6 Å². The molecule has 1 atom stereocenters. The van der Waals surface area contributed by atoms with Gasteiger partial charge in [-0.2, -0.15) is 5.10 Å². The van der Waals surface area contributed by atoms with Crippen LogP contribution in [-0.4, -0.2) is 39.6 Å². The van der Waals surface area contributed by atoms with Crippen molar-refractivity contribution in [3.63, 3.8) is 0 Å². The Kier molecular flexibility index (Phi) is 5.61. The van der Waals surface area contributed by atoms with E-state index in [2.05, 4.69) is 10.4 Å². The number of likely N-dealkylation sites (tertiary alicyclic amines) is 1. The van der Waals surface area contributed by atoms with Crippen LogP contribution in [0.3, 0.4) is 0 Å². The van der Waals surface area contributed by atoms with Gasteiger partial charge in [-0.05, 0) is 68.3 Å². The first-order valence-electron chi connectivity index (χ1n) is 9.98. The Bertz CT molecular complexity index is 1060. The van der Waals surface area contributed by atoms with E-state index in [-0.39, 0.29) is 23.5 Å². The van der Waals surface area contributed by atoms with Crippen LogP contribution in [0.15, 0.2) is 60.8 Å². The summed E-state index contributed by atoms with van der Waals surface area (Å²) in [6, 6.07) is 14.9. The van der Waals surface area contributed by atoms with E-state index in [1.807, 2.05) is 37.3 Å². The minimum atomic E-state index is -0.380. The number of benzene rings is 2. The zero-order chi connectivity index (χ0) is 21.1. The van der Waals surface area contributed by atoms with Gasteiger partial charge in [0, 0.05) is 36.2 Å². The second-order valence-electron chi connectivity index (χ2n) is 7.52. The summed E-state index contributed by atoms with van der Waals surface area (Å²) < 4.78 is 14.9. The molecule has 30 heavy (non-hydrogen) atoms. The van der Waals surface area contributed by atoms with Crippen molar-refractivity contribution in [2.45, 2.75) is 19.8 Å². The topological polar surface area (TPSA) is 67.2 Å². The zero-order valence-electron chi connectivity index (χ0n) is 16.7. The van der Waals surface area contributed by atoms with Gasteiger partial charge in [0.1, 0.15) is 5.82 Å². The summed E-state index contributed by atoms with van der Waals surface area (Å²) in [6.07, 6.45) is 3.20. The molecule has 1 N–H and O–H groups in total. The van der Waals surface area contributed by atoms with Crippen molar-refractivity contribution in [3.05, 3.63) is 77.9 Å². The number of carbonyl (C=O) groups is 2. The molecule has 154 valence electrons. The lowest BCUT2D eigenvalue weighted by Gasteiger charge is -2.32. The monoisotopic (exact) mass is 406 g/mol. The minimum Gasteiger partial charge on any atom is -0.338 e. The average Bonchev–Trinajstić information content (AvgIpc) is 3.20. The highest BCUT2D eigenvalue weighted by Gasteiger charge is 2.29. The van der Waals surface area contributed by atoms with Crippen LogP contribution in [0, 0.1) is 18.7 Å². The molecule has 1 aliphatic rings. The lowest BCUT2D eigenvalue weighted by molar-refractivity contribution is -0.121. The largest absolute Gasteiger partial charge is 0.338 e. The van der Waals surface area contributed by atoms with Crippen LogP contribution in [0.5, 0.6) is 0 Å². The molecule has 1 fully saturated rings. The lowest BCUT2D eigenvalue weighted by atomic mass is 9.96. The maximum atomic E-state index is 13.1. The highest BCUT2D eigenvalue weighted by atomic mass is 19.1. The lowest BCUT2D eigenvalue weighted by Crippen LogP contribution is -2.43. The average molecular weight is 406 g/mol. The van der Waals surface area contributed by atoms with Crippen molar-refractivity contribution in [2.24, 2.45) is 5.92 Å². The molecule has 6 nitrogen and oxygen atoms in total.